The van der Waals surface area contributed by atoms with E-state index in [-0.39, 0.29) is 18.4 Å². The number of rotatable bonds is 3. The molecule has 1 aliphatic heterocycles. The van der Waals surface area contributed by atoms with Gasteiger partial charge in [0.2, 0.25) is 0 Å². The molecule has 2 heterocycles. The van der Waals surface area contributed by atoms with Crippen molar-refractivity contribution in [3.8, 4) is 0 Å². The monoisotopic (exact) mass is 341 g/mol. The Hall–Kier alpha value is -1.14. The molecule has 1 saturated heterocycles. The van der Waals surface area contributed by atoms with Crippen molar-refractivity contribution in [2.45, 2.75) is 12.8 Å². The van der Waals surface area contributed by atoms with Gasteiger partial charge < -0.3 is 14.9 Å². The Morgan fingerprint density at radius 1 is 1.60 bits per heavy atom. The summed E-state index contributed by atoms with van der Waals surface area (Å²) in [5.74, 6) is 0.848. The third-order valence-electron chi connectivity index (χ3n) is 3.55. The van der Waals surface area contributed by atoms with Crippen molar-refractivity contribution < 1.29 is 9.90 Å². The van der Waals surface area contributed by atoms with Gasteiger partial charge in [-0.2, -0.15) is 0 Å². The molecule has 20 heavy (non-hydrogen) atoms. The van der Waals surface area contributed by atoms with Crippen LogP contribution in [0.3, 0.4) is 0 Å². The number of hydrogen-bond acceptors (Lipinski definition) is 4. The lowest BCUT2D eigenvalue weighted by molar-refractivity contribution is 0.0621. The minimum absolute atomic E-state index is 0.0133. The molecule has 1 unspecified atom stereocenters. The molecule has 1 amide bonds. The van der Waals surface area contributed by atoms with Crippen LogP contribution in [-0.2, 0) is 0 Å². The Kier molecular flexibility index (Phi) is 4.99. The maximum absolute atomic E-state index is 12.7. The smallest absolute Gasteiger partial charge is 0.257 e. The number of aromatic nitrogens is 1. The zero-order valence-electron chi connectivity index (χ0n) is 11.8. The summed E-state index contributed by atoms with van der Waals surface area (Å²) in [6.07, 6.45) is 3.62. The molecule has 110 valence electrons. The molecule has 5 nitrogen and oxygen atoms in total. The fourth-order valence-corrected chi connectivity index (χ4v) is 2.85. The number of carbonyl (C=O) groups excluding carboxylic acids is 1. The lowest BCUT2D eigenvalue weighted by atomic mass is 9.98. The Labute approximate surface area is 127 Å². The SMILES string of the molecule is CN(C)c1ncc(Br)cc1C(=O)N1CCCC(CO)C1. The normalized spacial score (nSPS) is 19.0. The van der Waals surface area contributed by atoms with Crippen LogP contribution in [0.1, 0.15) is 23.2 Å². The summed E-state index contributed by atoms with van der Waals surface area (Å²) in [7, 11) is 3.75. The summed E-state index contributed by atoms with van der Waals surface area (Å²) in [4.78, 5) is 20.7. The molecule has 0 radical (unpaired) electrons. The van der Waals surface area contributed by atoms with Crippen LogP contribution < -0.4 is 4.90 Å². The minimum atomic E-state index is -0.0133. The Morgan fingerprint density at radius 2 is 2.35 bits per heavy atom. The number of likely N-dealkylation sites (tertiary alicyclic amines) is 1. The standard InChI is InChI=1S/C14H20BrN3O2/c1-17(2)13-12(6-11(15)7-16-13)14(20)18-5-3-4-10(8-18)9-19/h6-7,10,19H,3-5,8-9H2,1-2H3. The van der Waals surface area contributed by atoms with Gasteiger partial charge in [0.25, 0.3) is 5.91 Å². The fraction of sp³-hybridized carbons (Fsp3) is 0.571. The van der Waals surface area contributed by atoms with Gasteiger partial charge in [0.05, 0.1) is 5.56 Å². The third kappa shape index (κ3) is 3.30. The number of piperidine rings is 1. The predicted octanol–water partition coefficient (Wildman–Crippen LogP) is 1.75. The number of pyridine rings is 1. The van der Waals surface area contributed by atoms with Gasteiger partial charge in [-0.05, 0) is 40.8 Å². The molecule has 0 bridgehead atoms. The first-order chi connectivity index (χ1) is 9.52. The Morgan fingerprint density at radius 3 is 3.00 bits per heavy atom. The van der Waals surface area contributed by atoms with Crippen molar-refractivity contribution in [3.63, 3.8) is 0 Å². The first kappa shape index (κ1) is 15.3. The highest BCUT2D eigenvalue weighted by Crippen LogP contribution is 2.24. The average molecular weight is 342 g/mol. The summed E-state index contributed by atoms with van der Waals surface area (Å²) in [6, 6.07) is 1.81. The highest BCUT2D eigenvalue weighted by molar-refractivity contribution is 9.10. The zero-order chi connectivity index (χ0) is 14.7. The van der Waals surface area contributed by atoms with Gasteiger partial charge in [-0.3, -0.25) is 4.79 Å². The molecule has 1 atom stereocenters. The number of aliphatic hydroxyl groups is 1. The van der Waals surface area contributed by atoms with Gasteiger partial charge in [-0.1, -0.05) is 0 Å². The van der Waals surface area contributed by atoms with Crippen LogP contribution >= 0.6 is 15.9 Å². The van der Waals surface area contributed by atoms with E-state index >= 15 is 0 Å². The first-order valence-electron chi connectivity index (χ1n) is 6.76. The van der Waals surface area contributed by atoms with E-state index in [2.05, 4.69) is 20.9 Å². The van der Waals surface area contributed by atoms with Crippen LogP contribution in [-0.4, -0.2) is 54.7 Å². The van der Waals surface area contributed by atoms with Crippen LogP contribution in [0, 0.1) is 5.92 Å². The second-order valence-electron chi connectivity index (χ2n) is 5.36. The van der Waals surface area contributed by atoms with E-state index in [9.17, 15) is 9.90 Å². The molecular formula is C14H20BrN3O2. The van der Waals surface area contributed by atoms with E-state index in [1.807, 2.05) is 30.0 Å². The second kappa shape index (κ2) is 6.54. The summed E-state index contributed by atoms with van der Waals surface area (Å²) >= 11 is 3.37. The highest BCUT2D eigenvalue weighted by Gasteiger charge is 2.26. The number of carbonyl (C=O) groups is 1. The van der Waals surface area contributed by atoms with Gasteiger partial charge in [0.15, 0.2) is 0 Å². The molecule has 0 aliphatic carbocycles. The van der Waals surface area contributed by atoms with Crippen LogP contribution in [0.15, 0.2) is 16.7 Å². The molecule has 2 rings (SSSR count). The largest absolute Gasteiger partial charge is 0.396 e. The molecule has 0 saturated carbocycles. The summed E-state index contributed by atoms with van der Waals surface area (Å²) in [5.41, 5.74) is 0.600. The summed E-state index contributed by atoms with van der Waals surface area (Å²) in [6.45, 7) is 1.50. The number of nitrogens with zero attached hydrogens (tertiary/aromatic N) is 3. The molecule has 1 aromatic heterocycles. The third-order valence-corrected chi connectivity index (χ3v) is 3.99. The lowest BCUT2D eigenvalue weighted by Crippen LogP contribution is -2.41. The number of hydrogen-bond donors (Lipinski definition) is 1. The van der Waals surface area contributed by atoms with Gasteiger partial charge >= 0.3 is 0 Å². The maximum atomic E-state index is 12.7. The van der Waals surface area contributed by atoms with E-state index in [4.69, 9.17) is 0 Å². The van der Waals surface area contributed by atoms with Crippen LogP contribution in [0.25, 0.3) is 0 Å². The molecule has 1 aromatic rings. The average Bonchev–Trinajstić information content (AvgIpc) is 2.46. The van der Waals surface area contributed by atoms with E-state index in [1.165, 1.54) is 0 Å². The van der Waals surface area contributed by atoms with E-state index < -0.39 is 0 Å². The zero-order valence-corrected chi connectivity index (χ0v) is 13.4. The fourth-order valence-electron chi connectivity index (χ4n) is 2.51. The number of amides is 1. The Balaban J connectivity index is 2.26. The first-order valence-corrected chi connectivity index (χ1v) is 7.55. The topological polar surface area (TPSA) is 56.7 Å². The van der Waals surface area contributed by atoms with Crippen LogP contribution in [0.4, 0.5) is 5.82 Å². The second-order valence-corrected chi connectivity index (χ2v) is 6.28. The quantitative estimate of drug-likeness (QED) is 0.909. The number of anilines is 1. The lowest BCUT2D eigenvalue weighted by Gasteiger charge is -2.32. The number of aliphatic hydroxyl groups excluding tert-OH is 1. The van der Waals surface area contributed by atoms with Gasteiger partial charge in [-0.25, -0.2) is 4.98 Å². The molecular weight excluding hydrogens is 322 g/mol. The van der Waals surface area contributed by atoms with Crippen molar-refractivity contribution in [2.75, 3.05) is 38.7 Å². The molecule has 1 N–H and O–H groups in total. The van der Waals surface area contributed by atoms with Crippen molar-refractivity contribution >= 4 is 27.7 Å². The van der Waals surface area contributed by atoms with Crippen molar-refractivity contribution in [3.05, 3.63) is 22.3 Å². The number of halogens is 1. The van der Waals surface area contributed by atoms with Crippen LogP contribution in [0.5, 0.6) is 0 Å². The van der Waals surface area contributed by atoms with Crippen LogP contribution in [0.2, 0.25) is 0 Å². The van der Waals surface area contributed by atoms with E-state index in [0.29, 0.717) is 17.9 Å². The summed E-state index contributed by atoms with van der Waals surface area (Å²) < 4.78 is 0.794. The van der Waals surface area contributed by atoms with Gasteiger partial charge in [0, 0.05) is 44.5 Å². The minimum Gasteiger partial charge on any atom is -0.396 e. The van der Waals surface area contributed by atoms with E-state index in [1.54, 1.807) is 6.20 Å². The molecule has 6 heteroatoms. The molecule has 1 fully saturated rings. The predicted molar refractivity (Wildman–Crippen MR) is 82.0 cm³/mol. The maximum Gasteiger partial charge on any atom is 0.257 e. The summed E-state index contributed by atoms with van der Waals surface area (Å²) in [5, 5.41) is 9.28. The van der Waals surface area contributed by atoms with Crippen molar-refractivity contribution in [1.82, 2.24) is 9.88 Å². The van der Waals surface area contributed by atoms with Crippen molar-refractivity contribution in [2.24, 2.45) is 5.92 Å². The van der Waals surface area contributed by atoms with Gasteiger partial charge in [-0.15, -0.1) is 0 Å². The van der Waals surface area contributed by atoms with E-state index in [0.717, 1.165) is 23.9 Å². The van der Waals surface area contributed by atoms with Crippen molar-refractivity contribution in [1.29, 1.82) is 0 Å². The van der Waals surface area contributed by atoms with Gasteiger partial charge in [0.1, 0.15) is 5.82 Å². The Bertz CT molecular complexity index is 493. The molecule has 0 spiro atoms. The highest BCUT2D eigenvalue weighted by atomic mass is 79.9. The molecule has 1 aliphatic rings. The molecule has 0 aromatic carbocycles.